The number of hydroxylamine groups is 1. The summed E-state index contributed by atoms with van der Waals surface area (Å²) in [6, 6.07) is 5.70. The zero-order valence-corrected chi connectivity index (χ0v) is 12.9. The van der Waals surface area contributed by atoms with Crippen molar-refractivity contribution in [1.82, 2.24) is 5.17 Å². The molecule has 0 aromatic heterocycles. The van der Waals surface area contributed by atoms with Gasteiger partial charge in [-0.1, -0.05) is 23.4 Å². The van der Waals surface area contributed by atoms with Gasteiger partial charge in [-0.25, -0.2) is 4.39 Å². The third-order valence-electron chi connectivity index (χ3n) is 2.35. The van der Waals surface area contributed by atoms with Crippen LogP contribution in [0.2, 0.25) is 0 Å². The molecule has 1 heterocycles. The lowest BCUT2D eigenvalue weighted by Gasteiger charge is -2.18. The number of nitrogens with one attached hydrogen (secondary N) is 1. The molecule has 1 aromatic carbocycles. The molecule has 1 aliphatic rings. The summed E-state index contributed by atoms with van der Waals surface area (Å²) in [4.78, 5) is 4.21. The molecule has 0 fully saturated rings. The molecule has 0 spiro atoms. The Morgan fingerprint density at radius 1 is 1.43 bits per heavy atom. The van der Waals surface area contributed by atoms with E-state index >= 15 is 0 Å². The molecule has 1 unspecified atom stereocenters. The SMILES string of the molecule is ON(Nc1ccc(SC(F)(F)C(F)Cl)cc1)C1=NCCS1. The molecule has 0 amide bonds. The Bertz CT molecular complexity index is 516. The summed E-state index contributed by atoms with van der Waals surface area (Å²) in [6.07, 6.45) is 0. The lowest BCUT2D eigenvalue weighted by molar-refractivity contribution is 0.0162. The van der Waals surface area contributed by atoms with E-state index in [4.69, 9.17) is 11.6 Å². The maximum absolute atomic E-state index is 13.1. The molecule has 1 aliphatic heterocycles. The van der Waals surface area contributed by atoms with Gasteiger partial charge in [0.1, 0.15) is 0 Å². The molecule has 0 saturated heterocycles. The van der Waals surface area contributed by atoms with E-state index < -0.39 is 10.9 Å². The third kappa shape index (κ3) is 4.60. The standard InChI is InChI=1S/C11H11ClF3N3OS2/c12-9(13)11(14,15)21-8-3-1-7(2-4-8)17-18(19)10-16-5-6-20-10/h1-4,9,17,19H,5-6H2. The minimum absolute atomic E-state index is 0.0349. The number of benzene rings is 1. The van der Waals surface area contributed by atoms with E-state index in [-0.39, 0.29) is 16.7 Å². The predicted octanol–water partition coefficient (Wildman–Crippen LogP) is 4.03. The molecular formula is C11H11ClF3N3OS2. The fraction of sp³-hybridized carbons (Fsp3) is 0.364. The molecule has 0 bridgehead atoms. The van der Waals surface area contributed by atoms with Crippen molar-refractivity contribution in [1.29, 1.82) is 0 Å². The highest BCUT2D eigenvalue weighted by atomic mass is 35.5. The van der Waals surface area contributed by atoms with Crippen molar-refractivity contribution in [3.05, 3.63) is 24.3 Å². The molecule has 2 N–H and O–H groups in total. The number of hydrogen-bond acceptors (Lipinski definition) is 6. The van der Waals surface area contributed by atoms with Crippen molar-refractivity contribution < 1.29 is 18.4 Å². The topological polar surface area (TPSA) is 47.9 Å². The molecule has 0 aliphatic carbocycles. The van der Waals surface area contributed by atoms with E-state index in [0.717, 1.165) is 10.9 Å². The first kappa shape index (κ1) is 16.6. The Balaban J connectivity index is 1.96. The van der Waals surface area contributed by atoms with Gasteiger partial charge in [-0.2, -0.15) is 8.78 Å². The zero-order valence-electron chi connectivity index (χ0n) is 10.5. The fourth-order valence-corrected chi connectivity index (χ4v) is 2.95. The van der Waals surface area contributed by atoms with E-state index in [9.17, 15) is 18.4 Å². The number of aliphatic imine (C=N–C) groups is 1. The van der Waals surface area contributed by atoms with Gasteiger partial charge in [0.05, 0.1) is 12.2 Å². The van der Waals surface area contributed by atoms with Crippen LogP contribution in [0.25, 0.3) is 0 Å². The molecule has 4 nitrogen and oxygen atoms in total. The van der Waals surface area contributed by atoms with Crippen LogP contribution < -0.4 is 5.43 Å². The number of alkyl halides is 4. The Kier molecular flexibility index (Phi) is 5.53. The maximum Gasteiger partial charge on any atom is 0.342 e. The van der Waals surface area contributed by atoms with Gasteiger partial charge in [-0.3, -0.25) is 15.6 Å². The van der Waals surface area contributed by atoms with Gasteiger partial charge in [0.15, 0.2) is 0 Å². The lowest BCUT2D eigenvalue weighted by atomic mass is 10.3. The first-order valence-electron chi connectivity index (χ1n) is 5.76. The minimum atomic E-state index is -3.70. The molecule has 21 heavy (non-hydrogen) atoms. The van der Waals surface area contributed by atoms with E-state index in [0.29, 0.717) is 17.4 Å². The molecule has 0 radical (unpaired) electrons. The highest BCUT2D eigenvalue weighted by Crippen LogP contribution is 2.41. The van der Waals surface area contributed by atoms with Crippen LogP contribution in [0.4, 0.5) is 18.9 Å². The average Bonchev–Trinajstić information content (AvgIpc) is 2.94. The molecule has 10 heteroatoms. The van der Waals surface area contributed by atoms with E-state index in [2.05, 4.69) is 10.4 Å². The van der Waals surface area contributed by atoms with E-state index in [1.54, 1.807) is 0 Å². The average molecular weight is 358 g/mol. The van der Waals surface area contributed by atoms with E-state index in [1.807, 2.05) is 0 Å². The van der Waals surface area contributed by atoms with Gasteiger partial charge in [0.2, 0.25) is 10.8 Å². The van der Waals surface area contributed by atoms with Crippen LogP contribution in [0.1, 0.15) is 0 Å². The van der Waals surface area contributed by atoms with Crippen LogP contribution in [0, 0.1) is 0 Å². The van der Waals surface area contributed by atoms with Gasteiger partial charge >= 0.3 is 5.25 Å². The number of anilines is 1. The minimum Gasteiger partial charge on any atom is -0.273 e. The summed E-state index contributed by atoms with van der Waals surface area (Å²) in [5.74, 6) is 0.793. The first-order valence-corrected chi connectivity index (χ1v) is 8.00. The van der Waals surface area contributed by atoms with Crippen LogP contribution in [-0.2, 0) is 0 Å². The van der Waals surface area contributed by atoms with Gasteiger partial charge in [-0.05, 0) is 36.0 Å². The molecule has 1 aromatic rings. The number of rotatable bonds is 5. The molecule has 0 saturated carbocycles. The Labute approximate surface area is 132 Å². The number of nitrogens with zero attached hydrogens (tertiary/aromatic N) is 2. The summed E-state index contributed by atoms with van der Waals surface area (Å²) in [5, 5.41) is 7.21. The summed E-state index contributed by atoms with van der Waals surface area (Å²) in [7, 11) is 0. The first-order chi connectivity index (χ1) is 9.88. The highest BCUT2D eigenvalue weighted by Gasteiger charge is 2.40. The monoisotopic (exact) mass is 357 g/mol. The van der Waals surface area contributed by atoms with Crippen molar-refractivity contribution in [3.8, 4) is 0 Å². The molecule has 2 rings (SSSR count). The molecule has 116 valence electrons. The fourth-order valence-electron chi connectivity index (χ4n) is 1.42. The number of thioether (sulfide) groups is 2. The Morgan fingerprint density at radius 3 is 2.62 bits per heavy atom. The zero-order chi connectivity index (χ0) is 15.5. The summed E-state index contributed by atoms with van der Waals surface area (Å²) < 4.78 is 38.8. The number of hydrogen-bond donors (Lipinski definition) is 2. The normalized spacial score (nSPS) is 16.5. The van der Waals surface area contributed by atoms with Gasteiger partial charge < -0.3 is 0 Å². The van der Waals surface area contributed by atoms with Crippen LogP contribution in [0.3, 0.4) is 0 Å². The summed E-state index contributed by atoms with van der Waals surface area (Å²) >= 11 is 6.21. The Morgan fingerprint density at radius 2 is 2.10 bits per heavy atom. The van der Waals surface area contributed by atoms with Crippen molar-refractivity contribution >= 4 is 46.0 Å². The number of hydrazine groups is 1. The second-order valence-electron chi connectivity index (χ2n) is 3.93. The predicted molar refractivity (Wildman–Crippen MR) is 80.0 cm³/mol. The van der Waals surface area contributed by atoms with Crippen molar-refractivity contribution in [2.75, 3.05) is 17.7 Å². The van der Waals surface area contributed by atoms with Crippen LogP contribution in [0.15, 0.2) is 34.2 Å². The molecular weight excluding hydrogens is 347 g/mol. The van der Waals surface area contributed by atoms with Crippen LogP contribution in [0.5, 0.6) is 0 Å². The smallest absolute Gasteiger partial charge is 0.273 e. The molecule has 1 atom stereocenters. The quantitative estimate of drug-likeness (QED) is 0.473. The van der Waals surface area contributed by atoms with Crippen LogP contribution >= 0.6 is 35.1 Å². The third-order valence-corrected chi connectivity index (χ3v) is 4.69. The van der Waals surface area contributed by atoms with Crippen molar-refractivity contribution in [2.45, 2.75) is 15.8 Å². The highest BCUT2D eigenvalue weighted by molar-refractivity contribution is 8.14. The van der Waals surface area contributed by atoms with Crippen molar-refractivity contribution in [3.63, 3.8) is 0 Å². The second-order valence-corrected chi connectivity index (χ2v) is 6.59. The lowest BCUT2D eigenvalue weighted by Crippen LogP contribution is -2.30. The largest absolute Gasteiger partial charge is 0.342 e. The number of amidine groups is 1. The van der Waals surface area contributed by atoms with Crippen LogP contribution in [-0.4, -0.2) is 38.7 Å². The van der Waals surface area contributed by atoms with Gasteiger partial charge in [0, 0.05) is 10.6 Å². The van der Waals surface area contributed by atoms with Gasteiger partial charge in [-0.15, -0.1) is 5.17 Å². The Hall–Kier alpha value is -0.770. The maximum atomic E-state index is 13.1. The summed E-state index contributed by atoms with van der Waals surface area (Å²) in [6.45, 7) is 0.631. The number of halogens is 4. The second kappa shape index (κ2) is 6.99. The van der Waals surface area contributed by atoms with Crippen molar-refractivity contribution in [2.24, 2.45) is 4.99 Å². The summed E-state index contributed by atoms with van der Waals surface area (Å²) in [5.41, 5.74) is 0.353. The van der Waals surface area contributed by atoms with E-state index in [1.165, 1.54) is 36.0 Å². The van der Waals surface area contributed by atoms with Gasteiger partial charge in [0.25, 0.3) is 0 Å².